The molecule has 0 spiro atoms. The molecule has 0 atom stereocenters. The number of halogens is 1. The molecule has 0 aliphatic heterocycles. The van der Waals surface area contributed by atoms with Gasteiger partial charge in [0.25, 0.3) is 11.8 Å². The lowest BCUT2D eigenvalue weighted by Crippen LogP contribution is -2.11. The van der Waals surface area contributed by atoms with Crippen molar-refractivity contribution < 1.29 is 18.3 Å². The van der Waals surface area contributed by atoms with Crippen LogP contribution in [-0.2, 0) is 6.61 Å². The molecule has 0 fully saturated rings. The van der Waals surface area contributed by atoms with Gasteiger partial charge in [0.2, 0.25) is 5.89 Å². The minimum atomic E-state index is -0.336. The van der Waals surface area contributed by atoms with E-state index in [1.165, 1.54) is 18.3 Å². The monoisotopic (exact) mass is 390 g/mol. The van der Waals surface area contributed by atoms with Crippen LogP contribution in [0.15, 0.2) is 77.5 Å². The topological polar surface area (TPSA) is 90.1 Å². The number of rotatable bonds is 6. The van der Waals surface area contributed by atoms with Crippen molar-refractivity contribution in [2.75, 3.05) is 5.32 Å². The second-order valence-corrected chi connectivity index (χ2v) is 6.02. The predicted octanol–water partition coefficient (Wildman–Crippen LogP) is 4.10. The Morgan fingerprint density at radius 3 is 2.55 bits per heavy atom. The van der Waals surface area contributed by atoms with Gasteiger partial charge in [0.15, 0.2) is 6.61 Å². The third-order valence-electron chi connectivity index (χ3n) is 3.96. The van der Waals surface area contributed by atoms with Gasteiger partial charge >= 0.3 is 0 Å². The highest BCUT2D eigenvalue weighted by molar-refractivity contribution is 6.04. The SMILES string of the molecule is O=C(Nc1ccc(OCc2nnc(-c3ccc(F)cc3)o2)cc1)c1cccnc1. The fourth-order valence-electron chi connectivity index (χ4n) is 2.50. The maximum Gasteiger partial charge on any atom is 0.257 e. The molecule has 4 aromatic rings. The van der Waals surface area contributed by atoms with Crippen LogP contribution in [0.3, 0.4) is 0 Å². The van der Waals surface area contributed by atoms with Crippen molar-refractivity contribution in [3.63, 3.8) is 0 Å². The van der Waals surface area contributed by atoms with Crippen LogP contribution in [0.4, 0.5) is 10.1 Å². The van der Waals surface area contributed by atoms with Crippen molar-refractivity contribution in [2.24, 2.45) is 0 Å². The molecule has 8 heteroatoms. The predicted molar refractivity (Wildman–Crippen MR) is 103 cm³/mol. The molecule has 2 aromatic heterocycles. The van der Waals surface area contributed by atoms with E-state index in [0.29, 0.717) is 28.5 Å². The van der Waals surface area contributed by atoms with E-state index in [2.05, 4.69) is 20.5 Å². The van der Waals surface area contributed by atoms with Crippen molar-refractivity contribution >= 4 is 11.6 Å². The van der Waals surface area contributed by atoms with Gasteiger partial charge in [-0.25, -0.2) is 4.39 Å². The van der Waals surface area contributed by atoms with E-state index in [1.54, 1.807) is 54.7 Å². The first-order valence-electron chi connectivity index (χ1n) is 8.70. The quantitative estimate of drug-likeness (QED) is 0.533. The number of hydrogen-bond donors (Lipinski definition) is 1. The maximum absolute atomic E-state index is 13.0. The van der Waals surface area contributed by atoms with Gasteiger partial charge < -0.3 is 14.5 Å². The zero-order valence-electron chi connectivity index (χ0n) is 15.1. The van der Waals surface area contributed by atoms with Crippen LogP contribution in [0.2, 0.25) is 0 Å². The number of nitrogens with zero attached hydrogens (tertiary/aromatic N) is 3. The first-order chi connectivity index (χ1) is 14.2. The van der Waals surface area contributed by atoms with Crippen LogP contribution < -0.4 is 10.1 Å². The Balaban J connectivity index is 1.34. The number of amides is 1. The van der Waals surface area contributed by atoms with Crippen LogP contribution in [0.25, 0.3) is 11.5 Å². The molecule has 0 bridgehead atoms. The molecule has 4 rings (SSSR count). The number of anilines is 1. The Morgan fingerprint density at radius 2 is 1.83 bits per heavy atom. The Morgan fingerprint density at radius 1 is 1.03 bits per heavy atom. The summed E-state index contributed by atoms with van der Waals surface area (Å²) in [5.74, 6) is 0.573. The number of pyridine rings is 1. The molecule has 1 amide bonds. The molecular formula is C21H15FN4O3. The summed E-state index contributed by atoms with van der Waals surface area (Å²) in [5, 5.41) is 10.6. The Labute approximate surface area is 165 Å². The van der Waals surface area contributed by atoms with Crippen LogP contribution in [0.5, 0.6) is 5.75 Å². The number of ether oxygens (including phenoxy) is 1. The number of benzene rings is 2. The third-order valence-corrected chi connectivity index (χ3v) is 3.96. The fraction of sp³-hybridized carbons (Fsp3) is 0.0476. The number of carbonyl (C=O) groups excluding carboxylic acids is 1. The second kappa shape index (κ2) is 8.30. The summed E-state index contributed by atoms with van der Waals surface area (Å²) in [6.45, 7) is 0.0790. The Kier molecular flexibility index (Phi) is 5.24. The summed E-state index contributed by atoms with van der Waals surface area (Å²) < 4.78 is 24.1. The summed E-state index contributed by atoms with van der Waals surface area (Å²) in [7, 11) is 0. The van der Waals surface area contributed by atoms with Gasteiger partial charge in [0, 0.05) is 23.6 Å². The molecule has 2 heterocycles. The largest absolute Gasteiger partial charge is 0.484 e. The van der Waals surface area contributed by atoms with E-state index in [4.69, 9.17) is 9.15 Å². The van der Waals surface area contributed by atoms with Crippen LogP contribution in [0.1, 0.15) is 16.2 Å². The van der Waals surface area contributed by atoms with Crippen molar-refractivity contribution in [3.8, 4) is 17.2 Å². The summed E-state index contributed by atoms with van der Waals surface area (Å²) in [4.78, 5) is 16.0. The first kappa shape index (κ1) is 18.3. The lowest BCUT2D eigenvalue weighted by Gasteiger charge is -2.07. The van der Waals surface area contributed by atoms with Crippen LogP contribution >= 0.6 is 0 Å². The lowest BCUT2D eigenvalue weighted by atomic mass is 10.2. The van der Waals surface area contributed by atoms with E-state index in [1.807, 2.05) is 0 Å². The third kappa shape index (κ3) is 4.62. The average molecular weight is 390 g/mol. The highest BCUT2D eigenvalue weighted by Crippen LogP contribution is 2.20. The van der Waals surface area contributed by atoms with Crippen molar-refractivity contribution in [1.29, 1.82) is 0 Å². The van der Waals surface area contributed by atoms with Gasteiger partial charge in [0.05, 0.1) is 5.56 Å². The smallest absolute Gasteiger partial charge is 0.257 e. The van der Waals surface area contributed by atoms with E-state index in [0.717, 1.165) is 0 Å². The summed E-state index contributed by atoms with van der Waals surface area (Å²) in [5.41, 5.74) is 1.72. The van der Waals surface area contributed by atoms with Crippen molar-refractivity contribution in [1.82, 2.24) is 15.2 Å². The van der Waals surface area contributed by atoms with E-state index in [-0.39, 0.29) is 24.2 Å². The molecule has 1 N–H and O–H groups in total. The summed E-state index contributed by atoms with van der Waals surface area (Å²) in [6, 6.07) is 16.0. The van der Waals surface area contributed by atoms with Gasteiger partial charge in [-0.2, -0.15) is 0 Å². The zero-order chi connectivity index (χ0) is 20.1. The average Bonchev–Trinajstić information content (AvgIpc) is 3.23. The number of carbonyl (C=O) groups is 1. The first-order valence-corrected chi connectivity index (χ1v) is 8.70. The molecule has 29 heavy (non-hydrogen) atoms. The van der Waals surface area contributed by atoms with Gasteiger partial charge in [-0.05, 0) is 60.7 Å². The van der Waals surface area contributed by atoms with Crippen LogP contribution in [0, 0.1) is 5.82 Å². The standard InChI is InChI=1S/C21H15FN4O3/c22-16-5-3-14(4-6-16)21-26-25-19(29-21)13-28-18-9-7-17(8-10-18)24-20(27)15-2-1-11-23-12-15/h1-12H,13H2,(H,24,27). The van der Waals surface area contributed by atoms with Gasteiger partial charge in [-0.3, -0.25) is 9.78 Å². The number of nitrogens with one attached hydrogen (secondary N) is 1. The lowest BCUT2D eigenvalue weighted by molar-refractivity contribution is 0.102. The minimum absolute atomic E-state index is 0.0790. The summed E-state index contributed by atoms with van der Waals surface area (Å²) in [6.07, 6.45) is 3.10. The highest BCUT2D eigenvalue weighted by Gasteiger charge is 2.10. The van der Waals surface area contributed by atoms with Crippen molar-refractivity contribution in [3.05, 3.63) is 90.3 Å². The molecule has 2 aromatic carbocycles. The number of aromatic nitrogens is 3. The molecule has 0 saturated carbocycles. The normalized spacial score (nSPS) is 10.5. The molecule has 7 nitrogen and oxygen atoms in total. The number of hydrogen-bond acceptors (Lipinski definition) is 6. The van der Waals surface area contributed by atoms with Gasteiger partial charge in [0.1, 0.15) is 11.6 Å². The molecule has 0 saturated heterocycles. The molecule has 0 aliphatic carbocycles. The molecular weight excluding hydrogens is 375 g/mol. The van der Waals surface area contributed by atoms with Gasteiger partial charge in [-0.15, -0.1) is 10.2 Å². The van der Waals surface area contributed by atoms with E-state index >= 15 is 0 Å². The zero-order valence-corrected chi connectivity index (χ0v) is 15.1. The maximum atomic E-state index is 13.0. The Hall–Kier alpha value is -4.07. The second-order valence-electron chi connectivity index (χ2n) is 6.02. The fourth-order valence-corrected chi connectivity index (χ4v) is 2.50. The van der Waals surface area contributed by atoms with Crippen LogP contribution in [-0.4, -0.2) is 21.1 Å². The highest BCUT2D eigenvalue weighted by atomic mass is 19.1. The molecule has 0 aliphatic rings. The Bertz CT molecular complexity index is 1100. The summed E-state index contributed by atoms with van der Waals surface area (Å²) >= 11 is 0. The van der Waals surface area contributed by atoms with Crippen molar-refractivity contribution in [2.45, 2.75) is 6.61 Å². The van der Waals surface area contributed by atoms with Gasteiger partial charge in [-0.1, -0.05) is 0 Å². The molecule has 144 valence electrons. The van der Waals surface area contributed by atoms with E-state index < -0.39 is 0 Å². The minimum Gasteiger partial charge on any atom is -0.484 e. The molecule has 0 radical (unpaired) electrons. The molecule has 0 unspecified atom stereocenters. The van der Waals surface area contributed by atoms with E-state index in [9.17, 15) is 9.18 Å².